The molecule has 112 valence electrons. The van der Waals surface area contributed by atoms with Crippen molar-refractivity contribution in [1.82, 2.24) is 14.5 Å². The van der Waals surface area contributed by atoms with Gasteiger partial charge in [-0.2, -0.15) is 0 Å². The highest BCUT2D eigenvalue weighted by Gasteiger charge is 2.29. The van der Waals surface area contributed by atoms with Gasteiger partial charge in [0.15, 0.2) is 0 Å². The van der Waals surface area contributed by atoms with E-state index >= 15 is 0 Å². The lowest BCUT2D eigenvalue weighted by Gasteiger charge is -2.34. The van der Waals surface area contributed by atoms with E-state index in [9.17, 15) is 5.11 Å². The molecule has 1 unspecified atom stereocenters. The van der Waals surface area contributed by atoms with Crippen molar-refractivity contribution < 1.29 is 5.11 Å². The molecule has 0 bridgehead atoms. The third-order valence-electron chi connectivity index (χ3n) is 4.39. The number of aliphatic hydroxyl groups is 1. The number of imidazole rings is 1. The van der Waals surface area contributed by atoms with Crippen molar-refractivity contribution in [2.45, 2.75) is 32.4 Å². The first-order chi connectivity index (χ1) is 9.95. The Hall–Kier alpha value is -1.65. The first kappa shape index (κ1) is 14.3. The van der Waals surface area contributed by atoms with Crippen LogP contribution in [0.1, 0.15) is 29.4 Å². The van der Waals surface area contributed by atoms with Crippen molar-refractivity contribution >= 4 is 0 Å². The van der Waals surface area contributed by atoms with Crippen molar-refractivity contribution in [1.29, 1.82) is 0 Å². The van der Waals surface area contributed by atoms with E-state index in [0.29, 0.717) is 6.54 Å². The smallest absolute Gasteiger partial charge is 0.0994 e. The molecule has 0 fully saturated rings. The summed E-state index contributed by atoms with van der Waals surface area (Å²) in [5, 5.41) is 10.8. The standard InChI is InChI=1S/C17H23N3O/c1-13-4-6-14(7-5-13)17(2,21)11-20-9-8-16-15(10-20)18-12-19(16)3/h4-7,12,21H,8-11H2,1-3H3. The zero-order valence-corrected chi connectivity index (χ0v) is 13.0. The molecule has 0 amide bonds. The zero-order chi connectivity index (χ0) is 15.0. The normalized spacial score (nSPS) is 18.3. The molecule has 1 aromatic heterocycles. The van der Waals surface area contributed by atoms with E-state index in [2.05, 4.69) is 33.5 Å². The number of fused-ring (bicyclic) bond motifs is 1. The molecular formula is C17H23N3O. The van der Waals surface area contributed by atoms with Gasteiger partial charge in [-0.05, 0) is 19.4 Å². The van der Waals surface area contributed by atoms with Crippen LogP contribution in [0.2, 0.25) is 0 Å². The lowest BCUT2D eigenvalue weighted by Crippen LogP contribution is -2.41. The Morgan fingerprint density at radius 2 is 2.00 bits per heavy atom. The molecule has 0 aliphatic carbocycles. The fourth-order valence-electron chi connectivity index (χ4n) is 3.09. The zero-order valence-electron chi connectivity index (χ0n) is 13.0. The molecule has 1 aromatic carbocycles. The van der Waals surface area contributed by atoms with Gasteiger partial charge >= 0.3 is 0 Å². The Kier molecular flexibility index (Phi) is 3.59. The molecule has 1 N–H and O–H groups in total. The summed E-state index contributed by atoms with van der Waals surface area (Å²) in [6.07, 6.45) is 2.88. The van der Waals surface area contributed by atoms with Crippen molar-refractivity contribution in [3.63, 3.8) is 0 Å². The second kappa shape index (κ2) is 5.28. The topological polar surface area (TPSA) is 41.3 Å². The molecule has 4 nitrogen and oxygen atoms in total. The highest BCUT2D eigenvalue weighted by Crippen LogP contribution is 2.25. The number of benzene rings is 1. The lowest BCUT2D eigenvalue weighted by atomic mass is 9.94. The van der Waals surface area contributed by atoms with Crippen LogP contribution in [0.5, 0.6) is 0 Å². The van der Waals surface area contributed by atoms with Crippen LogP contribution in [0, 0.1) is 6.92 Å². The minimum absolute atomic E-state index is 0.631. The van der Waals surface area contributed by atoms with Crippen LogP contribution in [0.25, 0.3) is 0 Å². The van der Waals surface area contributed by atoms with Gasteiger partial charge in [-0.15, -0.1) is 0 Å². The fraction of sp³-hybridized carbons (Fsp3) is 0.471. The molecular weight excluding hydrogens is 262 g/mol. The summed E-state index contributed by atoms with van der Waals surface area (Å²) in [5.41, 5.74) is 3.82. The van der Waals surface area contributed by atoms with E-state index in [-0.39, 0.29) is 0 Å². The van der Waals surface area contributed by atoms with E-state index in [4.69, 9.17) is 0 Å². The molecule has 1 atom stereocenters. The van der Waals surface area contributed by atoms with Crippen LogP contribution in [-0.4, -0.2) is 32.6 Å². The van der Waals surface area contributed by atoms with Gasteiger partial charge in [0, 0.05) is 38.8 Å². The molecule has 0 radical (unpaired) electrons. The van der Waals surface area contributed by atoms with E-state index < -0.39 is 5.60 Å². The SMILES string of the molecule is Cc1ccc(C(C)(O)CN2CCc3c(ncn3C)C2)cc1. The molecule has 2 aromatic rings. The number of aromatic nitrogens is 2. The van der Waals surface area contributed by atoms with E-state index in [1.165, 1.54) is 11.3 Å². The summed E-state index contributed by atoms with van der Waals surface area (Å²) >= 11 is 0. The minimum atomic E-state index is -0.833. The van der Waals surface area contributed by atoms with Crippen LogP contribution in [-0.2, 0) is 25.6 Å². The molecule has 0 saturated heterocycles. The van der Waals surface area contributed by atoms with Gasteiger partial charge in [0.2, 0.25) is 0 Å². The van der Waals surface area contributed by atoms with Gasteiger partial charge in [0.05, 0.1) is 17.6 Å². The molecule has 0 saturated carbocycles. The van der Waals surface area contributed by atoms with Gasteiger partial charge in [-0.1, -0.05) is 29.8 Å². The third-order valence-corrected chi connectivity index (χ3v) is 4.39. The molecule has 2 heterocycles. The van der Waals surface area contributed by atoms with Crippen LogP contribution >= 0.6 is 0 Å². The van der Waals surface area contributed by atoms with E-state index in [1.54, 1.807) is 0 Å². The first-order valence-electron chi connectivity index (χ1n) is 7.47. The van der Waals surface area contributed by atoms with E-state index in [0.717, 1.165) is 30.8 Å². The predicted octanol–water partition coefficient (Wildman–Crippen LogP) is 1.99. The second-order valence-corrected chi connectivity index (χ2v) is 6.35. The van der Waals surface area contributed by atoms with Crippen molar-refractivity contribution in [3.05, 3.63) is 53.1 Å². The summed E-state index contributed by atoms with van der Waals surface area (Å²) in [7, 11) is 2.05. The van der Waals surface area contributed by atoms with Crippen LogP contribution in [0.4, 0.5) is 0 Å². The van der Waals surface area contributed by atoms with Crippen LogP contribution in [0.3, 0.4) is 0 Å². The average Bonchev–Trinajstić information content (AvgIpc) is 2.80. The molecule has 0 spiro atoms. The van der Waals surface area contributed by atoms with Crippen molar-refractivity contribution in [2.75, 3.05) is 13.1 Å². The number of nitrogens with zero attached hydrogens (tertiary/aromatic N) is 3. The van der Waals surface area contributed by atoms with E-state index in [1.807, 2.05) is 32.4 Å². The summed E-state index contributed by atoms with van der Waals surface area (Å²) < 4.78 is 2.10. The molecule has 1 aliphatic rings. The van der Waals surface area contributed by atoms with Crippen LogP contribution < -0.4 is 0 Å². The maximum atomic E-state index is 10.8. The predicted molar refractivity (Wildman–Crippen MR) is 82.9 cm³/mol. The Balaban J connectivity index is 1.73. The Morgan fingerprint density at radius 1 is 1.29 bits per heavy atom. The number of aryl methyl sites for hydroxylation is 2. The van der Waals surface area contributed by atoms with Gasteiger partial charge in [-0.3, -0.25) is 4.90 Å². The molecule has 21 heavy (non-hydrogen) atoms. The summed E-state index contributed by atoms with van der Waals surface area (Å²) in [4.78, 5) is 6.75. The minimum Gasteiger partial charge on any atom is -0.384 e. The van der Waals surface area contributed by atoms with Gasteiger partial charge in [0.1, 0.15) is 0 Å². The number of hydrogen-bond acceptors (Lipinski definition) is 3. The van der Waals surface area contributed by atoms with Crippen molar-refractivity contribution in [3.8, 4) is 0 Å². The largest absolute Gasteiger partial charge is 0.384 e. The Labute approximate surface area is 126 Å². The summed E-state index contributed by atoms with van der Waals surface area (Å²) in [6.45, 7) is 6.37. The monoisotopic (exact) mass is 285 g/mol. The molecule has 4 heteroatoms. The summed E-state index contributed by atoms with van der Waals surface area (Å²) in [5.74, 6) is 0. The molecule has 1 aliphatic heterocycles. The number of β-amino-alcohol motifs (C(OH)–C–C–N with tert-alkyl or cyclic N) is 1. The third kappa shape index (κ3) is 2.87. The fourth-order valence-corrected chi connectivity index (χ4v) is 3.09. The Morgan fingerprint density at radius 3 is 2.71 bits per heavy atom. The number of rotatable bonds is 3. The quantitative estimate of drug-likeness (QED) is 0.938. The van der Waals surface area contributed by atoms with Crippen molar-refractivity contribution in [2.24, 2.45) is 7.05 Å². The number of hydrogen-bond donors (Lipinski definition) is 1. The first-order valence-corrected chi connectivity index (χ1v) is 7.47. The van der Waals surface area contributed by atoms with Crippen LogP contribution in [0.15, 0.2) is 30.6 Å². The maximum absolute atomic E-state index is 10.8. The Bertz CT molecular complexity index is 628. The highest BCUT2D eigenvalue weighted by atomic mass is 16.3. The lowest BCUT2D eigenvalue weighted by molar-refractivity contribution is 0.0112. The van der Waals surface area contributed by atoms with Gasteiger partial charge in [0.25, 0.3) is 0 Å². The summed E-state index contributed by atoms with van der Waals surface area (Å²) in [6, 6.07) is 8.14. The van der Waals surface area contributed by atoms with Gasteiger partial charge < -0.3 is 9.67 Å². The van der Waals surface area contributed by atoms with Gasteiger partial charge in [-0.25, -0.2) is 4.98 Å². The second-order valence-electron chi connectivity index (χ2n) is 6.35. The average molecular weight is 285 g/mol. The highest BCUT2D eigenvalue weighted by molar-refractivity contribution is 5.26. The maximum Gasteiger partial charge on any atom is 0.0994 e. The molecule has 3 rings (SSSR count).